The maximum absolute atomic E-state index is 15.0. The molecule has 162 valence electrons. The average molecular weight is 427 g/mol. The molecule has 1 saturated heterocycles. The molecule has 31 heavy (non-hydrogen) atoms. The molecule has 3 heterocycles. The smallest absolute Gasteiger partial charge is 0.341 e. The molecular weight excluding hydrogens is 405 g/mol. The van der Waals surface area contributed by atoms with E-state index in [1.807, 2.05) is 16.7 Å². The third-order valence-electron chi connectivity index (χ3n) is 5.47. The number of piperazine rings is 1. The number of hydrogen-bond acceptors (Lipinski definition) is 7. The highest BCUT2D eigenvalue weighted by Crippen LogP contribution is 2.27. The van der Waals surface area contributed by atoms with Crippen LogP contribution in [0.2, 0.25) is 0 Å². The molecule has 1 aromatic carbocycles. The quantitative estimate of drug-likeness (QED) is 0.660. The van der Waals surface area contributed by atoms with Crippen molar-refractivity contribution in [3.05, 3.63) is 52.3 Å². The number of rotatable bonds is 5. The number of hydrogen-bond donors (Lipinski definition) is 1. The minimum atomic E-state index is -1.32. The summed E-state index contributed by atoms with van der Waals surface area (Å²) >= 11 is 0. The highest BCUT2D eigenvalue weighted by molar-refractivity contribution is 5.93. The summed E-state index contributed by atoms with van der Waals surface area (Å²) in [5.41, 5.74) is -0.156. The molecule has 2 aromatic heterocycles. The number of carboxylic acids is 1. The maximum Gasteiger partial charge on any atom is 0.341 e. The molecule has 0 saturated carbocycles. The van der Waals surface area contributed by atoms with E-state index in [9.17, 15) is 19.1 Å². The van der Waals surface area contributed by atoms with E-state index in [0.29, 0.717) is 55.6 Å². The van der Waals surface area contributed by atoms with E-state index < -0.39 is 17.2 Å². The summed E-state index contributed by atoms with van der Waals surface area (Å²) in [7, 11) is 1.55. The van der Waals surface area contributed by atoms with Gasteiger partial charge < -0.3 is 24.2 Å². The number of nitrogens with zero attached hydrogens (tertiary/aromatic N) is 5. The topological polar surface area (TPSA) is 101 Å². The molecule has 1 aliphatic rings. The SMILES string of the molecule is CCn1cc(C(=O)O)c(=O)c2cc(F)c(N3CCN(c4ncc(OC)cn4)CC3)cc21. The molecule has 0 unspecified atom stereocenters. The van der Waals surface area contributed by atoms with Gasteiger partial charge in [-0.05, 0) is 19.1 Å². The first kappa shape index (κ1) is 20.6. The van der Waals surface area contributed by atoms with Crippen LogP contribution in [-0.4, -0.2) is 58.9 Å². The summed E-state index contributed by atoms with van der Waals surface area (Å²) in [6.07, 6.45) is 4.52. The Kier molecular flexibility index (Phi) is 5.45. The molecule has 1 N–H and O–H groups in total. The summed E-state index contributed by atoms with van der Waals surface area (Å²) < 4.78 is 21.7. The second-order valence-electron chi connectivity index (χ2n) is 7.18. The first-order valence-electron chi connectivity index (χ1n) is 9.88. The molecule has 0 aliphatic carbocycles. The number of fused-ring (bicyclic) bond motifs is 1. The standard InChI is InChI=1S/C21H22FN5O4/c1-3-25-12-15(20(29)30)19(28)14-8-16(22)18(9-17(14)25)26-4-6-27(7-5-26)21-23-10-13(31-2)11-24-21/h8-12H,3-7H2,1-2H3,(H,29,30). The fourth-order valence-corrected chi connectivity index (χ4v) is 3.78. The van der Waals surface area contributed by atoms with Crippen molar-refractivity contribution in [1.82, 2.24) is 14.5 Å². The number of aryl methyl sites for hydroxylation is 1. The first-order valence-corrected chi connectivity index (χ1v) is 9.88. The van der Waals surface area contributed by atoms with Gasteiger partial charge in [-0.15, -0.1) is 0 Å². The summed E-state index contributed by atoms with van der Waals surface area (Å²) in [6.45, 7) is 4.57. The van der Waals surface area contributed by atoms with Crippen LogP contribution in [0.15, 0.2) is 35.5 Å². The van der Waals surface area contributed by atoms with Gasteiger partial charge in [0.25, 0.3) is 0 Å². The highest BCUT2D eigenvalue weighted by Gasteiger charge is 2.23. The molecule has 9 nitrogen and oxygen atoms in total. The summed E-state index contributed by atoms with van der Waals surface area (Å²) in [5, 5.41) is 9.35. The monoisotopic (exact) mass is 427 g/mol. The second-order valence-corrected chi connectivity index (χ2v) is 7.18. The third-order valence-corrected chi connectivity index (χ3v) is 5.47. The number of aromatic carboxylic acids is 1. The fraction of sp³-hybridized carbons (Fsp3) is 0.333. The number of carboxylic acid groups (broad SMARTS) is 1. The minimum Gasteiger partial charge on any atom is -0.494 e. The summed E-state index contributed by atoms with van der Waals surface area (Å²) in [5.74, 6) is -0.714. The molecule has 0 atom stereocenters. The Balaban J connectivity index is 1.63. The Hall–Kier alpha value is -3.69. The Morgan fingerprint density at radius 3 is 2.39 bits per heavy atom. The van der Waals surface area contributed by atoms with Crippen molar-refractivity contribution in [1.29, 1.82) is 0 Å². The van der Waals surface area contributed by atoms with E-state index in [0.717, 1.165) is 6.07 Å². The van der Waals surface area contributed by atoms with Crippen LogP contribution < -0.4 is 20.0 Å². The van der Waals surface area contributed by atoms with Crippen LogP contribution in [0, 0.1) is 5.82 Å². The molecule has 0 radical (unpaired) electrons. The van der Waals surface area contributed by atoms with E-state index >= 15 is 0 Å². The van der Waals surface area contributed by atoms with Gasteiger partial charge in [0.15, 0.2) is 5.75 Å². The number of aromatic nitrogens is 3. The zero-order valence-electron chi connectivity index (χ0n) is 17.2. The molecule has 1 fully saturated rings. The molecular formula is C21H22FN5O4. The molecule has 4 rings (SSSR count). The van der Waals surface area contributed by atoms with E-state index in [4.69, 9.17) is 4.74 Å². The largest absolute Gasteiger partial charge is 0.494 e. The van der Waals surface area contributed by atoms with Gasteiger partial charge in [-0.2, -0.15) is 0 Å². The van der Waals surface area contributed by atoms with Crippen LogP contribution in [-0.2, 0) is 6.54 Å². The van der Waals surface area contributed by atoms with Crippen LogP contribution in [0.25, 0.3) is 10.9 Å². The lowest BCUT2D eigenvalue weighted by atomic mass is 10.1. The molecule has 10 heteroatoms. The Morgan fingerprint density at radius 2 is 1.81 bits per heavy atom. The van der Waals surface area contributed by atoms with Crippen molar-refractivity contribution in [3.63, 3.8) is 0 Å². The number of halogens is 1. The predicted molar refractivity (Wildman–Crippen MR) is 114 cm³/mol. The van der Waals surface area contributed by atoms with Crippen molar-refractivity contribution in [2.75, 3.05) is 43.1 Å². The van der Waals surface area contributed by atoms with Gasteiger partial charge >= 0.3 is 5.97 Å². The van der Waals surface area contributed by atoms with E-state index in [2.05, 4.69) is 9.97 Å². The van der Waals surface area contributed by atoms with Crippen LogP contribution in [0.1, 0.15) is 17.3 Å². The zero-order chi connectivity index (χ0) is 22.1. The maximum atomic E-state index is 15.0. The normalized spacial score (nSPS) is 14.2. The second kappa shape index (κ2) is 8.21. The number of anilines is 2. The number of carbonyl (C=O) groups is 1. The highest BCUT2D eigenvalue weighted by atomic mass is 19.1. The first-order chi connectivity index (χ1) is 14.9. The third kappa shape index (κ3) is 3.76. The van der Waals surface area contributed by atoms with Crippen molar-refractivity contribution in [2.24, 2.45) is 0 Å². The van der Waals surface area contributed by atoms with Crippen LogP contribution in [0.5, 0.6) is 5.75 Å². The van der Waals surface area contributed by atoms with E-state index in [1.165, 1.54) is 6.20 Å². The number of benzene rings is 1. The number of pyridine rings is 1. The van der Waals surface area contributed by atoms with Crippen molar-refractivity contribution in [2.45, 2.75) is 13.5 Å². The van der Waals surface area contributed by atoms with Crippen LogP contribution in [0.3, 0.4) is 0 Å². The fourth-order valence-electron chi connectivity index (χ4n) is 3.78. The number of ether oxygens (including phenoxy) is 1. The van der Waals surface area contributed by atoms with E-state index in [1.54, 1.807) is 30.1 Å². The summed E-state index contributed by atoms with van der Waals surface area (Å²) in [6, 6.07) is 2.77. The molecule has 0 bridgehead atoms. The van der Waals surface area contributed by atoms with Gasteiger partial charge in [0.1, 0.15) is 11.4 Å². The lowest BCUT2D eigenvalue weighted by molar-refractivity contribution is 0.0695. The van der Waals surface area contributed by atoms with Gasteiger partial charge in [-0.1, -0.05) is 0 Å². The lowest BCUT2D eigenvalue weighted by Gasteiger charge is -2.36. The van der Waals surface area contributed by atoms with Crippen molar-refractivity contribution < 1.29 is 19.0 Å². The number of methoxy groups -OCH3 is 1. The summed E-state index contributed by atoms with van der Waals surface area (Å²) in [4.78, 5) is 36.4. The Labute approximate surface area is 177 Å². The van der Waals surface area contributed by atoms with Gasteiger partial charge in [-0.3, -0.25) is 4.79 Å². The predicted octanol–water partition coefficient (Wildman–Crippen LogP) is 1.98. The zero-order valence-corrected chi connectivity index (χ0v) is 17.2. The van der Waals surface area contributed by atoms with Gasteiger partial charge in [-0.25, -0.2) is 19.2 Å². The van der Waals surface area contributed by atoms with E-state index in [-0.39, 0.29) is 10.9 Å². The van der Waals surface area contributed by atoms with Gasteiger partial charge in [0.2, 0.25) is 11.4 Å². The molecule has 3 aromatic rings. The van der Waals surface area contributed by atoms with Crippen LogP contribution in [0.4, 0.5) is 16.0 Å². The Bertz CT molecular complexity index is 1190. The van der Waals surface area contributed by atoms with Crippen LogP contribution >= 0.6 is 0 Å². The van der Waals surface area contributed by atoms with Gasteiger partial charge in [0, 0.05) is 44.3 Å². The minimum absolute atomic E-state index is 0.0632. The van der Waals surface area contributed by atoms with Gasteiger partial charge in [0.05, 0.1) is 30.7 Å². The molecule has 1 aliphatic heterocycles. The van der Waals surface area contributed by atoms with Crippen molar-refractivity contribution in [3.8, 4) is 5.75 Å². The molecule has 0 spiro atoms. The lowest BCUT2D eigenvalue weighted by Crippen LogP contribution is -2.47. The Morgan fingerprint density at radius 1 is 1.16 bits per heavy atom. The van der Waals surface area contributed by atoms with Crippen molar-refractivity contribution >= 4 is 28.5 Å². The molecule has 0 amide bonds. The average Bonchev–Trinajstić information content (AvgIpc) is 2.79.